The van der Waals surface area contributed by atoms with Crippen molar-refractivity contribution in [1.29, 1.82) is 0 Å². The second kappa shape index (κ2) is 8.45. The van der Waals surface area contributed by atoms with Crippen LogP contribution in [-0.2, 0) is 6.61 Å². The van der Waals surface area contributed by atoms with Crippen LogP contribution >= 0.6 is 23.8 Å². The number of thiocarbonyl (C=S) groups is 1. The molecule has 120 valence electrons. The highest BCUT2D eigenvalue weighted by atomic mass is 35.5. The van der Waals surface area contributed by atoms with Crippen LogP contribution in [0.25, 0.3) is 0 Å². The highest BCUT2D eigenvalue weighted by Gasteiger charge is 2.07. The number of ether oxygens (including phenoxy) is 1. The van der Waals surface area contributed by atoms with Gasteiger partial charge in [0.15, 0.2) is 5.11 Å². The number of nitrogens with one attached hydrogen (secondary N) is 2. The summed E-state index contributed by atoms with van der Waals surface area (Å²) in [5.74, 6) is 0.230. The van der Waals surface area contributed by atoms with Crippen molar-refractivity contribution < 1.29 is 9.13 Å². The maximum atomic E-state index is 13.6. The molecule has 0 unspecified atom stereocenters. The first-order valence-electron chi connectivity index (χ1n) is 6.76. The Kier molecular flexibility index (Phi) is 6.31. The van der Waals surface area contributed by atoms with Crippen LogP contribution in [0.3, 0.4) is 0 Å². The fraction of sp³-hybridized carbons (Fsp3) is 0.125. The molecule has 0 aliphatic carbocycles. The highest BCUT2D eigenvalue weighted by Crippen LogP contribution is 2.21. The summed E-state index contributed by atoms with van der Waals surface area (Å²) in [6, 6.07) is 11.7. The SMILES string of the molecule is CNC(=S)N/N=C\c1ccc(OCc2c(F)cccc2Cl)cc1. The summed E-state index contributed by atoms with van der Waals surface area (Å²) in [6.07, 6.45) is 1.63. The minimum atomic E-state index is -0.382. The summed E-state index contributed by atoms with van der Waals surface area (Å²) >= 11 is 10.9. The molecule has 0 aliphatic rings. The van der Waals surface area contributed by atoms with Gasteiger partial charge in [-0.25, -0.2) is 4.39 Å². The number of benzene rings is 2. The molecule has 4 nitrogen and oxygen atoms in total. The Morgan fingerprint density at radius 2 is 2.04 bits per heavy atom. The first kappa shape index (κ1) is 17.2. The molecular weight excluding hydrogens is 337 g/mol. The third kappa shape index (κ3) is 5.19. The lowest BCUT2D eigenvalue weighted by atomic mass is 10.2. The van der Waals surface area contributed by atoms with E-state index in [4.69, 9.17) is 28.6 Å². The van der Waals surface area contributed by atoms with Crippen molar-refractivity contribution in [1.82, 2.24) is 10.7 Å². The first-order valence-corrected chi connectivity index (χ1v) is 7.55. The predicted octanol–water partition coefficient (Wildman–Crippen LogP) is 3.49. The molecule has 0 spiro atoms. The van der Waals surface area contributed by atoms with Gasteiger partial charge >= 0.3 is 0 Å². The van der Waals surface area contributed by atoms with Gasteiger partial charge in [-0.2, -0.15) is 5.10 Å². The van der Waals surface area contributed by atoms with Crippen molar-refractivity contribution in [3.63, 3.8) is 0 Å². The van der Waals surface area contributed by atoms with Crippen LogP contribution in [-0.4, -0.2) is 18.4 Å². The van der Waals surface area contributed by atoms with E-state index in [9.17, 15) is 4.39 Å². The molecule has 0 fully saturated rings. The lowest BCUT2D eigenvalue weighted by Gasteiger charge is -2.09. The Labute approximate surface area is 144 Å². The third-order valence-corrected chi connectivity index (χ3v) is 3.58. The number of nitrogens with zero attached hydrogens (tertiary/aromatic N) is 1. The molecule has 0 atom stereocenters. The van der Waals surface area contributed by atoms with E-state index in [1.807, 2.05) is 12.1 Å². The van der Waals surface area contributed by atoms with Gasteiger partial charge in [-0.05, 0) is 54.2 Å². The van der Waals surface area contributed by atoms with Gasteiger partial charge < -0.3 is 10.1 Å². The third-order valence-electron chi connectivity index (χ3n) is 2.93. The molecule has 2 rings (SSSR count). The van der Waals surface area contributed by atoms with Crippen molar-refractivity contribution in [2.45, 2.75) is 6.61 Å². The van der Waals surface area contributed by atoms with E-state index in [2.05, 4.69) is 15.8 Å². The van der Waals surface area contributed by atoms with Gasteiger partial charge in [0.25, 0.3) is 0 Å². The number of hydrazone groups is 1. The average molecular weight is 352 g/mol. The van der Waals surface area contributed by atoms with Crippen LogP contribution in [0.1, 0.15) is 11.1 Å². The molecule has 0 aromatic heterocycles. The average Bonchev–Trinajstić information content (AvgIpc) is 2.55. The van der Waals surface area contributed by atoms with Crippen LogP contribution in [0.4, 0.5) is 4.39 Å². The largest absolute Gasteiger partial charge is 0.489 e. The molecule has 0 heterocycles. The summed E-state index contributed by atoms with van der Waals surface area (Å²) < 4.78 is 19.2. The van der Waals surface area contributed by atoms with Gasteiger partial charge in [0.05, 0.1) is 11.2 Å². The van der Waals surface area contributed by atoms with E-state index >= 15 is 0 Å². The molecule has 7 heteroatoms. The Balaban J connectivity index is 1.94. The number of hydrogen-bond donors (Lipinski definition) is 2. The second-order valence-corrected chi connectivity index (χ2v) is 5.32. The van der Waals surface area contributed by atoms with Crippen molar-refractivity contribution in [2.75, 3.05) is 7.05 Å². The zero-order valence-corrected chi connectivity index (χ0v) is 13.9. The van der Waals surface area contributed by atoms with Crippen LogP contribution in [0.15, 0.2) is 47.6 Å². The van der Waals surface area contributed by atoms with Crippen molar-refractivity contribution in [3.8, 4) is 5.75 Å². The summed E-state index contributed by atoms with van der Waals surface area (Å²) in [5, 5.41) is 7.50. The van der Waals surface area contributed by atoms with E-state index in [0.717, 1.165) is 5.56 Å². The van der Waals surface area contributed by atoms with Gasteiger partial charge in [-0.3, -0.25) is 5.43 Å². The van der Waals surface area contributed by atoms with Crippen molar-refractivity contribution >= 4 is 35.1 Å². The molecule has 0 saturated carbocycles. The van der Waals surface area contributed by atoms with Gasteiger partial charge in [-0.15, -0.1) is 0 Å². The topological polar surface area (TPSA) is 45.7 Å². The molecule has 2 aromatic carbocycles. The second-order valence-electron chi connectivity index (χ2n) is 4.51. The molecule has 2 N–H and O–H groups in total. The van der Waals surface area contributed by atoms with Gasteiger partial charge in [0, 0.05) is 12.6 Å². The molecule has 23 heavy (non-hydrogen) atoms. The minimum absolute atomic E-state index is 0.0664. The van der Waals surface area contributed by atoms with Crippen LogP contribution in [0, 0.1) is 5.82 Å². The lowest BCUT2D eigenvalue weighted by molar-refractivity contribution is 0.300. The Hall–Kier alpha value is -2.18. The van der Waals surface area contributed by atoms with E-state index < -0.39 is 0 Å². The fourth-order valence-electron chi connectivity index (χ4n) is 1.70. The zero-order chi connectivity index (χ0) is 16.7. The fourth-order valence-corrected chi connectivity index (χ4v) is 1.97. The Morgan fingerprint density at radius 3 is 2.70 bits per heavy atom. The predicted molar refractivity (Wildman–Crippen MR) is 94.6 cm³/mol. The standard InChI is InChI=1S/C16H15ClFN3OS/c1-19-16(23)21-20-9-11-5-7-12(8-6-11)22-10-13-14(17)3-2-4-15(13)18/h2-9H,10H2,1H3,(H2,19,21,23)/b20-9-. The Morgan fingerprint density at radius 1 is 1.30 bits per heavy atom. The van der Waals surface area contributed by atoms with Crippen LogP contribution in [0.2, 0.25) is 5.02 Å². The first-order chi connectivity index (χ1) is 11.1. The monoisotopic (exact) mass is 351 g/mol. The van der Waals surface area contributed by atoms with E-state index in [1.54, 1.807) is 37.5 Å². The molecule has 0 saturated heterocycles. The van der Waals surface area contributed by atoms with Crippen molar-refractivity contribution in [2.24, 2.45) is 5.10 Å². The summed E-state index contributed by atoms with van der Waals surface area (Å²) in [4.78, 5) is 0. The van der Waals surface area contributed by atoms with Crippen molar-refractivity contribution in [3.05, 3.63) is 64.4 Å². The molecule has 0 bridgehead atoms. The van der Waals surface area contributed by atoms with Gasteiger partial charge in [0.1, 0.15) is 18.2 Å². The molecule has 0 radical (unpaired) electrons. The molecular formula is C16H15ClFN3OS. The summed E-state index contributed by atoms with van der Waals surface area (Å²) in [5.41, 5.74) is 3.86. The number of rotatable bonds is 5. The number of halogens is 2. The molecule has 0 aliphatic heterocycles. The van der Waals surface area contributed by atoms with E-state index in [1.165, 1.54) is 6.07 Å². The quantitative estimate of drug-likeness (QED) is 0.492. The minimum Gasteiger partial charge on any atom is -0.489 e. The Bertz CT molecular complexity index is 687. The molecule has 0 amide bonds. The highest BCUT2D eigenvalue weighted by molar-refractivity contribution is 7.80. The lowest BCUT2D eigenvalue weighted by Crippen LogP contribution is -2.28. The smallest absolute Gasteiger partial charge is 0.186 e. The summed E-state index contributed by atoms with van der Waals surface area (Å²) in [6.45, 7) is 0.0664. The number of hydrogen-bond acceptors (Lipinski definition) is 3. The van der Waals surface area contributed by atoms with Crippen LogP contribution < -0.4 is 15.5 Å². The van der Waals surface area contributed by atoms with Gasteiger partial charge in [-0.1, -0.05) is 17.7 Å². The van der Waals surface area contributed by atoms with Crippen LogP contribution in [0.5, 0.6) is 5.75 Å². The van der Waals surface area contributed by atoms with E-state index in [0.29, 0.717) is 21.4 Å². The zero-order valence-electron chi connectivity index (χ0n) is 12.3. The maximum absolute atomic E-state index is 13.6. The van der Waals surface area contributed by atoms with E-state index in [-0.39, 0.29) is 12.4 Å². The normalized spacial score (nSPS) is 10.6. The molecule has 2 aromatic rings. The maximum Gasteiger partial charge on any atom is 0.186 e. The van der Waals surface area contributed by atoms with Gasteiger partial charge in [0.2, 0.25) is 0 Å². The summed E-state index contributed by atoms with van der Waals surface area (Å²) in [7, 11) is 1.71.